The Balaban J connectivity index is 0.00000205. The van der Waals surface area contributed by atoms with Crippen molar-refractivity contribution in [2.24, 2.45) is 22.2 Å². The molecule has 4 aliphatic rings. The Kier molecular flexibility index (Phi) is 7.06. The van der Waals surface area contributed by atoms with Crippen LogP contribution in [0.5, 0.6) is 0 Å². The van der Waals surface area contributed by atoms with Crippen LogP contribution >= 0.6 is 24.0 Å². The highest BCUT2D eigenvalue weighted by Gasteiger charge is 2.65. The highest BCUT2D eigenvalue weighted by Crippen LogP contribution is 2.60. The van der Waals surface area contributed by atoms with E-state index in [4.69, 9.17) is 18.9 Å². The minimum atomic E-state index is 0. The normalized spacial score (nSPS) is 32.6. The monoisotopic (exact) mass is 515 g/mol. The van der Waals surface area contributed by atoms with Crippen LogP contribution in [0.25, 0.3) is 0 Å². The molecule has 2 saturated carbocycles. The van der Waals surface area contributed by atoms with Crippen LogP contribution < -0.4 is 10.6 Å². The molecule has 0 radical (unpaired) electrons. The molecular weight excluding hydrogens is 481 g/mol. The molecule has 2 aliphatic carbocycles. The molecule has 0 amide bonds. The summed E-state index contributed by atoms with van der Waals surface area (Å²) in [6, 6.07) is 4.47. The van der Waals surface area contributed by atoms with Gasteiger partial charge >= 0.3 is 0 Å². The summed E-state index contributed by atoms with van der Waals surface area (Å²) in [6.07, 6.45) is 10.6. The Bertz CT molecular complexity index is 669. The molecule has 162 valence electrons. The first kappa shape index (κ1) is 21.4. The van der Waals surface area contributed by atoms with Gasteiger partial charge < -0.3 is 24.5 Å². The van der Waals surface area contributed by atoms with Gasteiger partial charge in [-0.1, -0.05) is 12.8 Å². The van der Waals surface area contributed by atoms with Gasteiger partial charge in [-0.2, -0.15) is 0 Å². The molecule has 5 rings (SSSR count). The molecule has 2 N–H and O–H groups in total. The molecule has 2 saturated heterocycles. The largest absolute Gasteiger partial charge is 0.469 e. The van der Waals surface area contributed by atoms with E-state index in [1.165, 1.54) is 32.1 Å². The average molecular weight is 515 g/mol. The number of hydrogen-bond donors (Lipinski definition) is 2. The van der Waals surface area contributed by atoms with Gasteiger partial charge in [0.05, 0.1) is 19.0 Å². The number of rotatable bonds is 6. The zero-order valence-electron chi connectivity index (χ0n) is 17.1. The lowest BCUT2D eigenvalue weighted by Crippen LogP contribution is -2.69. The lowest BCUT2D eigenvalue weighted by atomic mass is 9.54. The number of ether oxygens (including phenoxy) is 2. The van der Waals surface area contributed by atoms with Gasteiger partial charge in [0.1, 0.15) is 5.76 Å². The molecule has 1 aromatic rings. The van der Waals surface area contributed by atoms with E-state index in [0.29, 0.717) is 29.4 Å². The van der Waals surface area contributed by atoms with Gasteiger partial charge in [-0.3, -0.25) is 4.99 Å². The molecule has 1 spiro atoms. The second-order valence-electron chi connectivity index (χ2n) is 8.98. The molecule has 0 bridgehead atoms. The van der Waals surface area contributed by atoms with Crippen LogP contribution in [0.4, 0.5) is 0 Å². The van der Waals surface area contributed by atoms with E-state index in [2.05, 4.69) is 10.6 Å². The molecule has 4 atom stereocenters. The average Bonchev–Trinajstić information content (AvgIpc) is 3.49. The van der Waals surface area contributed by atoms with Crippen molar-refractivity contribution in [3.8, 4) is 0 Å². The molecule has 29 heavy (non-hydrogen) atoms. The van der Waals surface area contributed by atoms with Crippen molar-refractivity contribution in [3.05, 3.63) is 24.2 Å². The Morgan fingerprint density at radius 1 is 1.21 bits per heavy atom. The molecule has 2 aliphatic heterocycles. The second kappa shape index (κ2) is 9.56. The highest BCUT2D eigenvalue weighted by atomic mass is 127. The van der Waals surface area contributed by atoms with Crippen LogP contribution in [0.15, 0.2) is 27.8 Å². The minimum absolute atomic E-state index is 0. The van der Waals surface area contributed by atoms with Gasteiger partial charge in [-0.15, -0.1) is 24.0 Å². The van der Waals surface area contributed by atoms with Gasteiger partial charge in [-0.25, -0.2) is 0 Å². The molecule has 7 heteroatoms. The Labute approximate surface area is 190 Å². The van der Waals surface area contributed by atoms with Gasteiger partial charge in [-0.05, 0) is 37.8 Å². The fourth-order valence-corrected chi connectivity index (χ4v) is 5.91. The minimum Gasteiger partial charge on any atom is -0.469 e. The smallest absolute Gasteiger partial charge is 0.191 e. The maximum absolute atomic E-state index is 6.14. The standard InChI is InChI=1S/C22H33N3O3.HI/c1-2-9-22(8-1)19(18-7-13-28-20(18)22)25-21(24-14-16-6-12-26-15-16)23-10-5-17-4-3-11-27-17;/h3-4,11,16,18-20H,1-2,5-10,12-15H2,(H2,23,24,25);1H. The van der Waals surface area contributed by atoms with Crippen LogP contribution in [0.2, 0.25) is 0 Å². The number of guanidine groups is 1. The van der Waals surface area contributed by atoms with E-state index in [1.54, 1.807) is 6.26 Å². The summed E-state index contributed by atoms with van der Waals surface area (Å²) in [5.74, 6) is 3.16. The number of halogens is 1. The van der Waals surface area contributed by atoms with Crippen LogP contribution in [-0.2, 0) is 15.9 Å². The first-order valence-electron chi connectivity index (χ1n) is 11.1. The SMILES string of the molecule is I.c1coc(CCNC(=NCC2CCOC2)NC2C3CCOC3C23CCCC3)c1. The number of fused-ring (bicyclic) bond motifs is 2. The first-order chi connectivity index (χ1) is 13.9. The number of furan rings is 1. The third-order valence-electron chi connectivity index (χ3n) is 7.35. The van der Waals surface area contributed by atoms with Crippen molar-refractivity contribution in [3.63, 3.8) is 0 Å². The summed E-state index contributed by atoms with van der Waals surface area (Å²) in [5.41, 5.74) is 0.334. The third-order valence-corrected chi connectivity index (χ3v) is 7.35. The first-order valence-corrected chi connectivity index (χ1v) is 11.1. The zero-order chi connectivity index (χ0) is 18.8. The summed E-state index contributed by atoms with van der Waals surface area (Å²) in [5, 5.41) is 7.41. The molecular formula is C22H34IN3O3. The van der Waals surface area contributed by atoms with Gasteiger partial charge in [0.15, 0.2) is 5.96 Å². The van der Waals surface area contributed by atoms with E-state index >= 15 is 0 Å². The predicted molar refractivity (Wildman–Crippen MR) is 123 cm³/mol. The predicted octanol–water partition coefficient (Wildman–Crippen LogP) is 3.36. The second-order valence-corrected chi connectivity index (χ2v) is 8.98. The summed E-state index contributed by atoms with van der Waals surface area (Å²) in [7, 11) is 0. The number of nitrogens with one attached hydrogen (secondary N) is 2. The maximum Gasteiger partial charge on any atom is 0.191 e. The van der Waals surface area contributed by atoms with E-state index in [1.807, 2.05) is 12.1 Å². The molecule has 1 aromatic heterocycles. The Morgan fingerprint density at radius 3 is 2.86 bits per heavy atom. The van der Waals surface area contributed by atoms with E-state index in [0.717, 1.165) is 57.5 Å². The molecule has 6 nitrogen and oxygen atoms in total. The topological polar surface area (TPSA) is 68.0 Å². The van der Waals surface area contributed by atoms with Crippen molar-refractivity contribution < 1.29 is 13.9 Å². The lowest BCUT2D eigenvalue weighted by Gasteiger charge is -2.57. The fourth-order valence-electron chi connectivity index (χ4n) is 5.91. The fraction of sp³-hybridized carbons (Fsp3) is 0.773. The summed E-state index contributed by atoms with van der Waals surface area (Å²) >= 11 is 0. The number of nitrogens with zero attached hydrogens (tertiary/aromatic N) is 1. The van der Waals surface area contributed by atoms with Crippen LogP contribution in [0.1, 0.15) is 44.3 Å². The number of aliphatic imine (C=N–C) groups is 1. The summed E-state index contributed by atoms with van der Waals surface area (Å²) in [4.78, 5) is 4.96. The zero-order valence-corrected chi connectivity index (χ0v) is 19.4. The highest BCUT2D eigenvalue weighted by molar-refractivity contribution is 14.0. The van der Waals surface area contributed by atoms with Gasteiger partial charge in [0, 0.05) is 56.0 Å². The summed E-state index contributed by atoms with van der Waals surface area (Å²) < 4.78 is 17.1. The van der Waals surface area contributed by atoms with Crippen molar-refractivity contribution >= 4 is 29.9 Å². The van der Waals surface area contributed by atoms with E-state index in [-0.39, 0.29) is 24.0 Å². The van der Waals surface area contributed by atoms with Crippen LogP contribution in [-0.4, -0.2) is 51.0 Å². The molecule has 4 unspecified atom stereocenters. The van der Waals surface area contributed by atoms with Crippen molar-refractivity contribution in [2.75, 3.05) is 32.9 Å². The molecule has 3 heterocycles. The van der Waals surface area contributed by atoms with E-state index < -0.39 is 0 Å². The van der Waals surface area contributed by atoms with E-state index in [9.17, 15) is 0 Å². The van der Waals surface area contributed by atoms with Crippen LogP contribution in [0.3, 0.4) is 0 Å². The number of hydrogen-bond acceptors (Lipinski definition) is 4. The molecule has 4 fully saturated rings. The quantitative estimate of drug-likeness (QED) is 0.346. The summed E-state index contributed by atoms with van der Waals surface area (Å²) in [6.45, 7) is 4.30. The maximum atomic E-state index is 6.14. The third kappa shape index (κ3) is 4.32. The van der Waals surface area contributed by atoms with Crippen molar-refractivity contribution in [1.29, 1.82) is 0 Å². The van der Waals surface area contributed by atoms with Gasteiger partial charge in [0.2, 0.25) is 0 Å². The lowest BCUT2D eigenvalue weighted by molar-refractivity contribution is -0.125. The van der Waals surface area contributed by atoms with Crippen molar-refractivity contribution in [1.82, 2.24) is 10.6 Å². The van der Waals surface area contributed by atoms with Crippen LogP contribution in [0, 0.1) is 17.3 Å². The van der Waals surface area contributed by atoms with Crippen molar-refractivity contribution in [2.45, 2.75) is 57.1 Å². The Morgan fingerprint density at radius 2 is 2.10 bits per heavy atom. The Hall–Kier alpha value is -0.800. The van der Waals surface area contributed by atoms with Gasteiger partial charge in [0.25, 0.3) is 0 Å². The molecule has 0 aromatic carbocycles.